The highest BCUT2D eigenvalue weighted by molar-refractivity contribution is 7.18. The molecular weight excluding hydrogens is 448 g/mol. The SMILES string of the molecule is CCOc1cc(-c2nc3sc4c(c3c(=O)[nH]2)CCCC4)ccc1OCCOc1ccccc1C. The molecule has 0 fully saturated rings. The van der Waals surface area contributed by atoms with Crippen LogP contribution in [0.2, 0.25) is 0 Å². The fourth-order valence-corrected chi connectivity index (χ4v) is 5.63. The van der Waals surface area contributed by atoms with E-state index in [1.807, 2.05) is 56.3 Å². The Bertz CT molecular complexity index is 1380. The minimum absolute atomic E-state index is 0.0639. The van der Waals surface area contributed by atoms with Crippen molar-refractivity contribution in [2.45, 2.75) is 39.5 Å². The van der Waals surface area contributed by atoms with E-state index in [9.17, 15) is 4.79 Å². The van der Waals surface area contributed by atoms with Gasteiger partial charge in [0.25, 0.3) is 5.56 Å². The van der Waals surface area contributed by atoms with Crippen molar-refractivity contribution < 1.29 is 14.2 Å². The molecule has 4 aromatic rings. The lowest BCUT2D eigenvalue weighted by molar-refractivity contribution is 0.208. The van der Waals surface area contributed by atoms with Crippen molar-refractivity contribution in [2.24, 2.45) is 0 Å². The number of aromatic amines is 1. The molecule has 0 saturated carbocycles. The summed E-state index contributed by atoms with van der Waals surface area (Å²) in [4.78, 5) is 22.9. The molecule has 0 aliphatic heterocycles. The molecule has 176 valence electrons. The Labute approximate surface area is 202 Å². The fourth-order valence-electron chi connectivity index (χ4n) is 4.37. The lowest BCUT2D eigenvalue weighted by atomic mass is 9.97. The molecule has 7 heteroatoms. The summed E-state index contributed by atoms with van der Waals surface area (Å²) in [7, 11) is 0. The van der Waals surface area contributed by atoms with Crippen LogP contribution in [-0.4, -0.2) is 29.8 Å². The summed E-state index contributed by atoms with van der Waals surface area (Å²) in [6, 6.07) is 13.5. The quantitative estimate of drug-likeness (QED) is 0.331. The van der Waals surface area contributed by atoms with Crippen LogP contribution in [0.3, 0.4) is 0 Å². The average Bonchev–Trinajstić information content (AvgIpc) is 3.23. The summed E-state index contributed by atoms with van der Waals surface area (Å²) < 4.78 is 17.6. The highest BCUT2D eigenvalue weighted by atomic mass is 32.1. The number of aromatic nitrogens is 2. The maximum absolute atomic E-state index is 12.9. The van der Waals surface area contributed by atoms with Gasteiger partial charge in [0.2, 0.25) is 0 Å². The van der Waals surface area contributed by atoms with Crippen LogP contribution in [0.4, 0.5) is 0 Å². The van der Waals surface area contributed by atoms with Crippen LogP contribution < -0.4 is 19.8 Å². The normalized spacial score (nSPS) is 13.0. The largest absolute Gasteiger partial charge is 0.490 e. The first kappa shape index (κ1) is 22.5. The van der Waals surface area contributed by atoms with E-state index >= 15 is 0 Å². The third kappa shape index (κ3) is 4.53. The number of para-hydroxylation sites is 1. The molecule has 0 bridgehead atoms. The van der Waals surface area contributed by atoms with Crippen LogP contribution >= 0.6 is 11.3 Å². The molecule has 0 atom stereocenters. The predicted molar refractivity (Wildman–Crippen MR) is 136 cm³/mol. The van der Waals surface area contributed by atoms with E-state index in [0.29, 0.717) is 37.1 Å². The van der Waals surface area contributed by atoms with E-state index in [4.69, 9.17) is 19.2 Å². The third-order valence-corrected chi connectivity index (χ3v) is 7.22. The molecule has 6 nitrogen and oxygen atoms in total. The van der Waals surface area contributed by atoms with Gasteiger partial charge < -0.3 is 19.2 Å². The van der Waals surface area contributed by atoms with Gasteiger partial charge in [0.1, 0.15) is 29.6 Å². The summed E-state index contributed by atoms with van der Waals surface area (Å²) in [5.41, 5.74) is 3.01. The molecule has 0 saturated heterocycles. The van der Waals surface area contributed by atoms with Gasteiger partial charge in [0, 0.05) is 10.4 Å². The maximum atomic E-state index is 12.9. The topological polar surface area (TPSA) is 73.4 Å². The van der Waals surface area contributed by atoms with E-state index in [1.165, 1.54) is 16.9 Å². The van der Waals surface area contributed by atoms with Gasteiger partial charge >= 0.3 is 0 Å². The Balaban J connectivity index is 1.36. The number of nitrogens with zero attached hydrogens (tertiary/aromatic N) is 1. The summed E-state index contributed by atoms with van der Waals surface area (Å²) in [5, 5.41) is 0.766. The van der Waals surface area contributed by atoms with E-state index in [0.717, 1.165) is 46.4 Å². The maximum Gasteiger partial charge on any atom is 0.260 e. The van der Waals surface area contributed by atoms with Gasteiger partial charge in [0.15, 0.2) is 11.5 Å². The molecule has 0 spiro atoms. The Morgan fingerprint density at radius 3 is 2.59 bits per heavy atom. The average molecular weight is 477 g/mol. The van der Waals surface area contributed by atoms with E-state index in [1.54, 1.807) is 11.3 Å². The highest BCUT2D eigenvalue weighted by Crippen LogP contribution is 2.36. The van der Waals surface area contributed by atoms with Crippen molar-refractivity contribution in [3.63, 3.8) is 0 Å². The highest BCUT2D eigenvalue weighted by Gasteiger charge is 2.20. The zero-order valence-corrected chi connectivity index (χ0v) is 20.3. The smallest absolute Gasteiger partial charge is 0.260 e. The van der Waals surface area contributed by atoms with Gasteiger partial charge in [-0.25, -0.2) is 4.98 Å². The van der Waals surface area contributed by atoms with Crippen LogP contribution in [0, 0.1) is 6.92 Å². The molecule has 34 heavy (non-hydrogen) atoms. The molecule has 2 heterocycles. The fraction of sp³-hybridized carbons (Fsp3) is 0.333. The monoisotopic (exact) mass is 476 g/mol. The minimum atomic E-state index is -0.0639. The van der Waals surface area contributed by atoms with Crippen LogP contribution in [0.1, 0.15) is 35.8 Å². The third-order valence-electron chi connectivity index (χ3n) is 6.03. The summed E-state index contributed by atoms with van der Waals surface area (Å²) in [6.07, 6.45) is 4.32. The van der Waals surface area contributed by atoms with Crippen LogP contribution in [0.15, 0.2) is 47.3 Å². The van der Waals surface area contributed by atoms with E-state index in [2.05, 4.69) is 4.98 Å². The lowest BCUT2D eigenvalue weighted by Crippen LogP contribution is -2.12. The Kier molecular flexibility index (Phi) is 6.54. The van der Waals surface area contributed by atoms with Crippen molar-refractivity contribution >= 4 is 21.6 Å². The molecule has 0 unspecified atom stereocenters. The molecule has 1 aliphatic rings. The number of benzene rings is 2. The lowest BCUT2D eigenvalue weighted by Gasteiger charge is -2.14. The van der Waals surface area contributed by atoms with E-state index in [-0.39, 0.29) is 5.56 Å². The first-order chi connectivity index (χ1) is 16.6. The molecule has 1 N–H and O–H groups in total. The first-order valence-corrected chi connectivity index (χ1v) is 12.6. The Morgan fingerprint density at radius 2 is 1.76 bits per heavy atom. The summed E-state index contributed by atoms with van der Waals surface area (Å²) >= 11 is 1.65. The minimum Gasteiger partial charge on any atom is -0.490 e. The molecule has 2 aromatic heterocycles. The van der Waals surface area contributed by atoms with Crippen molar-refractivity contribution in [1.82, 2.24) is 9.97 Å². The van der Waals surface area contributed by atoms with Crippen LogP contribution in [0.5, 0.6) is 17.2 Å². The van der Waals surface area contributed by atoms with Gasteiger partial charge in [-0.05, 0) is 74.9 Å². The number of H-pyrrole nitrogens is 1. The molecule has 1 aliphatic carbocycles. The van der Waals surface area contributed by atoms with Crippen molar-refractivity contribution in [3.05, 3.63) is 68.8 Å². The summed E-state index contributed by atoms with van der Waals surface area (Å²) in [5.74, 6) is 2.65. The van der Waals surface area contributed by atoms with Crippen LogP contribution in [-0.2, 0) is 12.8 Å². The van der Waals surface area contributed by atoms with Crippen molar-refractivity contribution in [3.8, 4) is 28.6 Å². The zero-order chi connectivity index (χ0) is 23.5. The number of fused-ring (bicyclic) bond motifs is 3. The second-order valence-corrected chi connectivity index (χ2v) is 9.45. The molecule has 2 aromatic carbocycles. The number of ether oxygens (including phenoxy) is 3. The zero-order valence-electron chi connectivity index (χ0n) is 19.5. The van der Waals surface area contributed by atoms with Crippen LogP contribution in [0.25, 0.3) is 21.6 Å². The Morgan fingerprint density at radius 1 is 0.971 bits per heavy atom. The standard InChI is InChI=1S/C27H28N2O4S/c1-3-31-22-16-18(12-13-21(22)33-15-14-32-20-10-6-4-8-17(20)2)25-28-26(30)24-19-9-5-7-11-23(19)34-27(24)29-25/h4,6,8,10,12-13,16H,3,5,7,9,11,14-15H2,1-2H3,(H,28,29,30). The van der Waals surface area contributed by atoms with Gasteiger partial charge in [-0.3, -0.25) is 4.79 Å². The first-order valence-electron chi connectivity index (χ1n) is 11.8. The number of aryl methyl sites for hydroxylation is 3. The number of nitrogens with one attached hydrogen (secondary N) is 1. The number of hydrogen-bond acceptors (Lipinski definition) is 6. The van der Waals surface area contributed by atoms with Crippen molar-refractivity contribution in [2.75, 3.05) is 19.8 Å². The second kappa shape index (κ2) is 9.89. The molecular formula is C27H28N2O4S. The van der Waals surface area contributed by atoms with Gasteiger partial charge in [-0.1, -0.05) is 18.2 Å². The van der Waals surface area contributed by atoms with Gasteiger partial charge in [0.05, 0.1) is 12.0 Å². The summed E-state index contributed by atoms with van der Waals surface area (Å²) in [6.45, 7) is 5.26. The number of rotatable bonds is 8. The van der Waals surface area contributed by atoms with E-state index < -0.39 is 0 Å². The second-order valence-electron chi connectivity index (χ2n) is 8.36. The number of hydrogen-bond donors (Lipinski definition) is 1. The Hall–Kier alpha value is -3.32. The van der Waals surface area contributed by atoms with Gasteiger partial charge in [-0.15, -0.1) is 11.3 Å². The predicted octanol–water partition coefficient (Wildman–Crippen LogP) is 5.70. The number of thiophene rings is 1. The van der Waals surface area contributed by atoms with Gasteiger partial charge in [-0.2, -0.15) is 0 Å². The molecule has 0 radical (unpaired) electrons. The van der Waals surface area contributed by atoms with Crippen molar-refractivity contribution in [1.29, 1.82) is 0 Å². The molecule has 0 amide bonds. The molecule has 5 rings (SSSR count).